The van der Waals surface area contributed by atoms with Gasteiger partial charge in [-0.25, -0.2) is 4.79 Å². The number of hydrogen-bond donors (Lipinski definition) is 1. The smallest absolute Gasteiger partial charge is 0.377 e. The summed E-state index contributed by atoms with van der Waals surface area (Å²) in [5, 5.41) is 12.0. The second kappa shape index (κ2) is 4.65. The zero-order chi connectivity index (χ0) is 10.7. The minimum absolute atomic E-state index is 0.242. The van der Waals surface area contributed by atoms with Crippen molar-refractivity contribution in [3.05, 3.63) is 11.7 Å². The summed E-state index contributed by atoms with van der Waals surface area (Å²) in [4.78, 5) is 14.3. The molecule has 0 bridgehead atoms. The molecule has 1 saturated heterocycles. The minimum atomic E-state index is -1.14. The Morgan fingerprint density at radius 1 is 1.67 bits per heavy atom. The molecule has 82 valence electrons. The van der Waals surface area contributed by atoms with Gasteiger partial charge in [0.1, 0.15) is 0 Å². The molecule has 1 atom stereocenters. The summed E-state index contributed by atoms with van der Waals surface area (Å²) in [6.07, 6.45) is 3.08. The third kappa shape index (κ3) is 2.71. The van der Waals surface area contributed by atoms with Crippen LogP contribution in [-0.4, -0.2) is 32.7 Å². The average molecular weight is 228 g/mol. The van der Waals surface area contributed by atoms with E-state index in [0.29, 0.717) is 18.2 Å². The first-order valence-electron chi connectivity index (χ1n) is 4.89. The summed E-state index contributed by atoms with van der Waals surface area (Å²) in [6.45, 7) is 0. The molecule has 0 aromatic carbocycles. The first-order chi connectivity index (χ1) is 7.25. The average Bonchev–Trinajstić information content (AvgIpc) is 2.68. The van der Waals surface area contributed by atoms with E-state index in [2.05, 4.69) is 10.1 Å². The molecule has 2 heterocycles. The molecule has 1 aromatic rings. The third-order valence-electron chi connectivity index (χ3n) is 2.38. The molecule has 0 saturated carbocycles. The van der Waals surface area contributed by atoms with Crippen LogP contribution < -0.4 is 0 Å². The van der Waals surface area contributed by atoms with E-state index in [-0.39, 0.29) is 5.82 Å². The zero-order valence-corrected chi connectivity index (χ0v) is 9.00. The molecule has 5 nitrogen and oxygen atoms in total. The molecule has 15 heavy (non-hydrogen) atoms. The third-order valence-corrected chi connectivity index (χ3v) is 3.66. The van der Waals surface area contributed by atoms with Crippen molar-refractivity contribution in [3.63, 3.8) is 0 Å². The first-order valence-corrected chi connectivity index (χ1v) is 6.05. The Kier molecular flexibility index (Phi) is 3.25. The highest BCUT2D eigenvalue weighted by Crippen LogP contribution is 2.25. The summed E-state index contributed by atoms with van der Waals surface area (Å²) in [7, 11) is 0. The molecule has 1 aromatic heterocycles. The highest BCUT2D eigenvalue weighted by Gasteiger charge is 2.19. The van der Waals surface area contributed by atoms with Gasteiger partial charge in [-0.1, -0.05) is 0 Å². The van der Waals surface area contributed by atoms with Gasteiger partial charge in [0.15, 0.2) is 0 Å². The summed E-state index contributed by atoms with van der Waals surface area (Å²) in [5.41, 5.74) is 0. The molecule has 0 amide bonds. The molecule has 2 rings (SSSR count). The SMILES string of the molecule is O=C(O)c1noc(CC2CCCSC2)n1. The molecule has 1 aliphatic rings. The van der Waals surface area contributed by atoms with Crippen molar-refractivity contribution in [1.29, 1.82) is 0 Å². The van der Waals surface area contributed by atoms with E-state index in [1.165, 1.54) is 12.2 Å². The van der Waals surface area contributed by atoms with Crippen molar-refractivity contribution in [2.45, 2.75) is 19.3 Å². The van der Waals surface area contributed by atoms with E-state index >= 15 is 0 Å². The topological polar surface area (TPSA) is 76.2 Å². The lowest BCUT2D eigenvalue weighted by molar-refractivity contribution is 0.0680. The lowest BCUT2D eigenvalue weighted by atomic mass is 10.0. The van der Waals surface area contributed by atoms with Gasteiger partial charge in [0.2, 0.25) is 5.89 Å². The van der Waals surface area contributed by atoms with Gasteiger partial charge in [0.25, 0.3) is 5.82 Å². The number of aromatic carboxylic acids is 1. The van der Waals surface area contributed by atoms with Crippen molar-refractivity contribution in [2.75, 3.05) is 11.5 Å². The lowest BCUT2D eigenvalue weighted by Gasteiger charge is -2.18. The van der Waals surface area contributed by atoms with Gasteiger partial charge < -0.3 is 9.63 Å². The molecule has 0 spiro atoms. The molecule has 1 unspecified atom stereocenters. The Morgan fingerprint density at radius 3 is 3.13 bits per heavy atom. The Balaban J connectivity index is 1.94. The van der Waals surface area contributed by atoms with E-state index < -0.39 is 5.97 Å². The number of thioether (sulfide) groups is 1. The van der Waals surface area contributed by atoms with Crippen molar-refractivity contribution < 1.29 is 14.4 Å². The predicted molar refractivity (Wildman–Crippen MR) is 55.0 cm³/mol. The van der Waals surface area contributed by atoms with Crippen molar-refractivity contribution >= 4 is 17.7 Å². The molecular formula is C9H12N2O3S. The van der Waals surface area contributed by atoms with Crippen molar-refractivity contribution in [2.24, 2.45) is 5.92 Å². The van der Waals surface area contributed by atoms with E-state index in [1.807, 2.05) is 11.8 Å². The standard InChI is InChI=1S/C9H12N2O3S/c12-9(13)8-10-7(14-11-8)4-6-2-1-3-15-5-6/h6H,1-5H2,(H,12,13). The van der Waals surface area contributed by atoms with Crippen LogP contribution in [0.25, 0.3) is 0 Å². The largest absolute Gasteiger partial charge is 0.475 e. The van der Waals surface area contributed by atoms with Gasteiger partial charge >= 0.3 is 5.97 Å². The van der Waals surface area contributed by atoms with Gasteiger partial charge in [-0.3, -0.25) is 0 Å². The van der Waals surface area contributed by atoms with Crippen LogP contribution in [0.15, 0.2) is 4.52 Å². The maximum atomic E-state index is 10.5. The summed E-state index contributed by atoms with van der Waals surface area (Å²) in [5.74, 6) is 1.94. The fraction of sp³-hybridized carbons (Fsp3) is 0.667. The highest BCUT2D eigenvalue weighted by molar-refractivity contribution is 7.99. The maximum Gasteiger partial charge on any atom is 0.377 e. The number of nitrogens with zero attached hydrogens (tertiary/aromatic N) is 2. The molecule has 0 aliphatic carbocycles. The minimum Gasteiger partial charge on any atom is -0.475 e. The second-order valence-electron chi connectivity index (χ2n) is 3.60. The van der Waals surface area contributed by atoms with E-state index in [4.69, 9.17) is 9.63 Å². The van der Waals surface area contributed by atoms with Gasteiger partial charge in [0.05, 0.1) is 0 Å². The molecule has 1 N–H and O–H groups in total. The van der Waals surface area contributed by atoms with Crippen LogP contribution in [0.1, 0.15) is 29.4 Å². The summed E-state index contributed by atoms with van der Waals surface area (Å²) < 4.78 is 4.88. The lowest BCUT2D eigenvalue weighted by Crippen LogP contribution is -2.13. The van der Waals surface area contributed by atoms with Crippen LogP contribution in [0.3, 0.4) is 0 Å². The second-order valence-corrected chi connectivity index (χ2v) is 4.75. The van der Waals surface area contributed by atoms with E-state index in [0.717, 1.165) is 12.2 Å². The molecule has 1 fully saturated rings. The number of carboxylic acid groups (broad SMARTS) is 1. The number of hydrogen-bond acceptors (Lipinski definition) is 5. The van der Waals surface area contributed by atoms with Gasteiger partial charge in [-0.15, -0.1) is 0 Å². The molecule has 6 heteroatoms. The summed E-state index contributed by atoms with van der Waals surface area (Å²) >= 11 is 1.93. The van der Waals surface area contributed by atoms with Crippen molar-refractivity contribution in [3.8, 4) is 0 Å². The quantitative estimate of drug-likeness (QED) is 0.843. The molecule has 0 radical (unpaired) electrons. The molecule has 1 aliphatic heterocycles. The van der Waals surface area contributed by atoms with Crippen LogP contribution >= 0.6 is 11.8 Å². The van der Waals surface area contributed by atoms with Gasteiger partial charge in [-0.05, 0) is 35.4 Å². The number of carbonyl (C=O) groups is 1. The normalized spacial score (nSPS) is 21.5. The van der Waals surface area contributed by atoms with Gasteiger partial charge in [-0.2, -0.15) is 16.7 Å². The van der Waals surface area contributed by atoms with Crippen LogP contribution in [0.4, 0.5) is 0 Å². The Hall–Kier alpha value is -1.04. The fourth-order valence-corrected chi connectivity index (χ4v) is 2.80. The summed E-state index contributed by atoms with van der Waals surface area (Å²) in [6, 6.07) is 0. The van der Waals surface area contributed by atoms with Gasteiger partial charge in [0, 0.05) is 6.42 Å². The van der Waals surface area contributed by atoms with E-state index in [9.17, 15) is 4.79 Å². The maximum absolute atomic E-state index is 10.5. The highest BCUT2D eigenvalue weighted by atomic mass is 32.2. The van der Waals surface area contributed by atoms with E-state index in [1.54, 1.807) is 0 Å². The van der Waals surface area contributed by atoms with Crippen LogP contribution in [0.2, 0.25) is 0 Å². The molecular weight excluding hydrogens is 216 g/mol. The fourth-order valence-electron chi connectivity index (χ4n) is 1.64. The van der Waals surface area contributed by atoms with Crippen LogP contribution in [-0.2, 0) is 6.42 Å². The predicted octanol–water partition coefficient (Wildman–Crippen LogP) is 1.45. The van der Waals surface area contributed by atoms with Crippen LogP contribution in [0, 0.1) is 5.92 Å². The Morgan fingerprint density at radius 2 is 2.53 bits per heavy atom. The van der Waals surface area contributed by atoms with Crippen molar-refractivity contribution in [1.82, 2.24) is 10.1 Å². The Labute approximate surface area is 91.2 Å². The van der Waals surface area contributed by atoms with Crippen LogP contribution in [0.5, 0.6) is 0 Å². The Bertz CT molecular complexity index is 347. The monoisotopic (exact) mass is 228 g/mol. The number of carboxylic acids is 1. The number of rotatable bonds is 3. The zero-order valence-electron chi connectivity index (χ0n) is 8.18. The number of aromatic nitrogens is 2. The first kappa shape index (κ1) is 10.5.